The number of carbonyl (C=O) groups excluding carboxylic acids is 1. The van der Waals surface area contributed by atoms with E-state index >= 15 is 0 Å². The number of ether oxygens (including phenoxy) is 2. The van der Waals surface area contributed by atoms with E-state index in [1.807, 2.05) is 31.2 Å². The van der Waals surface area contributed by atoms with E-state index in [1.54, 1.807) is 24.4 Å². The predicted octanol–water partition coefficient (Wildman–Crippen LogP) is 5.67. The van der Waals surface area contributed by atoms with Gasteiger partial charge in [-0.25, -0.2) is 0 Å². The Morgan fingerprint density at radius 3 is 2.60 bits per heavy atom. The van der Waals surface area contributed by atoms with Gasteiger partial charge in [0.1, 0.15) is 23.2 Å². The molecule has 2 aromatic heterocycles. The molecule has 0 radical (unpaired) electrons. The van der Waals surface area contributed by atoms with Crippen LogP contribution in [0.15, 0.2) is 57.9 Å². The third kappa shape index (κ3) is 5.41. The Bertz CT molecular complexity index is 1610. The summed E-state index contributed by atoms with van der Waals surface area (Å²) >= 11 is 0. The largest absolute Gasteiger partial charge is 0.485 e. The van der Waals surface area contributed by atoms with Crippen molar-refractivity contribution in [2.24, 2.45) is 11.7 Å². The molecule has 2 aromatic carbocycles. The molecule has 6 rings (SSSR count). The molecule has 2 atom stereocenters. The van der Waals surface area contributed by atoms with Crippen molar-refractivity contribution in [2.75, 3.05) is 20.1 Å². The molecule has 8 nitrogen and oxygen atoms in total. The van der Waals surface area contributed by atoms with Crippen LogP contribution < -0.4 is 20.6 Å². The second kappa shape index (κ2) is 10.9. The molecule has 0 spiro atoms. The van der Waals surface area contributed by atoms with E-state index in [1.165, 1.54) is 12.8 Å². The Morgan fingerprint density at radius 1 is 1.10 bits per heavy atom. The molecule has 208 valence electrons. The maximum absolute atomic E-state index is 13.4. The number of pyridine rings is 1. The number of fused-ring (bicyclic) bond motifs is 2. The molecule has 8 heteroatoms. The van der Waals surface area contributed by atoms with Crippen molar-refractivity contribution in [3.05, 3.63) is 70.1 Å². The predicted molar refractivity (Wildman–Crippen MR) is 154 cm³/mol. The molecule has 1 aliphatic carbocycles. The van der Waals surface area contributed by atoms with E-state index in [9.17, 15) is 9.59 Å². The SMILES string of the molecule is Cc1cc(OC2CCN(C)C2)c2oc3cc(Oc4ccc(C(CC(N)=O)C5CCCC5)nc4)ccc3c(=O)c2c1. The first-order valence-electron chi connectivity index (χ1n) is 14.1. The normalized spacial score (nSPS) is 18.9. The van der Waals surface area contributed by atoms with E-state index in [-0.39, 0.29) is 23.4 Å². The fourth-order valence-electron chi connectivity index (χ4n) is 6.26. The fourth-order valence-corrected chi connectivity index (χ4v) is 6.26. The Labute approximate surface area is 233 Å². The number of nitrogens with two attached hydrogens (primary N) is 1. The number of benzene rings is 2. The number of likely N-dealkylation sites (N-methyl/N-ethyl adjacent to an activating group) is 1. The minimum atomic E-state index is -0.302. The number of amides is 1. The summed E-state index contributed by atoms with van der Waals surface area (Å²) in [6.45, 7) is 3.77. The van der Waals surface area contributed by atoms with Crippen LogP contribution in [0.5, 0.6) is 17.2 Å². The lowest BCUT2D eigenvalue weighted by molar-refractivity contribution is -0.118. The van der Waals surface area contributed by atoms with Crippen molar-refractivity contribution >= 4 is 27.8 Å². The third-order valence-corrected chi connectivity index (χ3v) is 8.26. The van der Waals surface area contributed by atoms with Crippen molar-refractivity contribution in [2.45, 2.75) is 57.5 Å². The molecule has 2 N–H and O–H groups in total. The van der Waals surface area contributed by atoms with Crippen LogP contribution in [0.2, 0.25) is 0 Å². The highest BCUT2D eigenvalue weighted by atomic mass is 16.5. The number of carbonyl (C=O) groups is 1. The van der Waals surface area contributed by atoms with Crippen molar-refractivity contribution < 1.29 is 18.7 Å². The minimum absolute atomic E-state index is 0.0296. The van der Waals surface area contributed by atoms with Gasteiger partial charge >= 0.3 is 0 Å². The van der Waals surface area contributed by atoms with Gasteiger partial charge in [0.2, 0.25) is 11.3 Å². The van der Waals surface area contributed by atoms with Gasteiger partial charge in [-0.3, -0.25) is 14.6 Å². The van der Waals surface area contributed by atoms with Gasteiger partial charge < -0.3 is 24.5 Å². The highest BCUT2D eigenvalue weighted by Crippen LogP contribution is 2.39. The van der Waals surface area contributed by atoms with Gasteiger partial charge in [0.15, 0.2) is 11.3 Å². The van der Waals surface area contributed by atoms with Gasteiger partial charge in [-0.2, -0.15) is 0 Å². The van der Waals surface area contributed by atoms with Gasteiger partial charge in [0, 0.05) is 37.2 Å². The average molecular weight is 542 g/mol. The van der Waals surface area contributed by atoms with Crippen LogP contribution in [0.4, 0.5) is 0 Å². The molecule has 2 unspecified atom stereocenters. The summed E-state index contributed by atoms with van der Waals surface area (Å²) < 4.78 is 18.7. The van der Waals surface area contributed by atoms with Gasteiger partial charge in [-0.1, -0.05) is 12.8 Å². The maximum Gasteiger partial charge on any atom is 0.218 e. The summed E-state index contributed by atoms with van der Waals surface area (Å²) in [7, 11) is 2.07. The van der Waals surface area contributed by atoms with E-state index in [4.69, 9.17) is 19.6 Å². The third-order valence-electron chi connectivity index (χ3n) is 8.26. The summed E-state index contributed by atoms with van der Waals surface area (Å²) in [5.41, 5.74) is 8.15. The number of aryl methyl sites for hydroxylation is 1. The van der Waals surface area contributed by atoms with Gasteiger partial charge in [0.05, 0.1) is 17.0 Å². The molecule has 0 bridgehead atoms. The van der Waals surface area contributed by atoms with Crippen LogP contribution >= 0.6 is 0 Å². The first-order chi connectivity index (χ1) is 19.3. The quantitative estimate of drug-likeness (QED) is 0.286. The van der Waals surface area contributed by atoms with Crippen LogP contribution in [0.3, 0.4) is 0 Å². The summed E-state index contributed by atoms with van der Waals surface area (Å²) in [6, 6.07) is 12.8. The average Bonchev–Trinajstić information content (AvgIpc) is 3.60. The first kappa shape index (κ1) is 26.3. The highest BCUT2D eigenvalue weighted by molar-refractivity contribution is 5.93. The van der Waals surface area contributed by atoms with Crippen LogP contribution in [-0.4, -0.2) is 42.0 Å². The van der Waals surface area contributed by atoms with Crippen molar-refractivity contribution in [1.29, 1.82) is 0 Å². The van der Waals surface area contributed by atoms with Crippen molar-refractivity contribution in [1.82, 2.24) is 9.88 Å². The summed E-state index contributed by atoms with van der Waals surface area (Å²) in [6.07, 6.45) is 7.51. The van der Waals surface area contributed by atoms with Gasteiger partial charge in [0.25, 0.3) is 0 Å². The fraction of sp³-hybridized carbons (Fsp3) is 0.406. The zero-order valence-corrected chi connectivity index (χ0v) is 23.0. The first-order valence-corrected chi connectivity index (χ1v) is 14.1. The molecule has 1 aliphatic heterocycles. The van der Waals surface area contributed by atoms with E-state index in [2.05, 4.69) is 16.9 Å². The lowest BCUT2D eigenvalue weighted by Gasteiger charge is -2.21. The second-order valence-corrected chi connectivity index (χ2v) is 11.4. The Hall–Kier alpha value is -3.91. The molecule has 4 aromatic rings. The Kier molecular flexibility index (Phi) is 7.19. The van der Waals surface area contributed by atoms with Crippen LogP contribution in [0, 0.1) is 12.8 Å². The van der Waals surface area contributed by atoms with Crippen LogP contribution in [0.1, 0.15) is 55.7 Å². The molecule has 1 saturated heterocycles. The number of hydrogen-bond acceptors (Lipinski definition) is 7. The van der Waals surface area contributed by atoms with E-state index in [0.29, 0.717) is 51.5 Å². The second-order valence-electron chi connectivity index (χ2n) is 11.4. The standard InChI is InChI=1S/C32H35N3O5/c1-19-13-26-31(37)24-9-7-21(15-28(24)40-32(26)29(14-19)39-23-11-12-35(2)18-23)38-22-8-10-27(34-17-22)25(16-30(33)36)20-5-3-4-6-20/h7-10,13-15,17,20,23,25H,3-6,11-12,16,18H2,1-2H3,(H2,33,36). The molecular weight excluding hydrogens is 506 g/mol. The number of nitrogens with zero attached hydrogens (tertiary/aromatic N) is 2. The maximum atomic E-state index is 13.4. The number of likely N-dealkylation sites (tertiary alicyclic amines) is 1. The zero-order valence-electron chi connectivity index (χ0n) is 23.0. The summed E-state index contributed by atoms with van der Waals surface area (Å²) in [4.78, 5) is 32.0. The molecular formula is C32H35N3O5. The van der Waals surface area contributed by atoms with E-state index < -0.39 is 0 Å². The van der Waals surface area contributed by atoms with Gasteiger partial charge in [-0.05, 0) is 81.1 Å². The molecule has 1 saturated carbocycles. The number of hydrogen-bond donors (Lipinski definition) is 1. The van der Waals surface area contributed by atoms with E-state index in [0.717, 1.165) is 43.6 Å². The monoisotopic (exact) mass is 541 g/mol. The topological polar surface area (TPSA) is 108 Å². The van der Waals surface area contributed by atoms with Gasteiger partial charge in [-0.15, -0.1) is 0 Å². The number of aromatic nitrogens is 1. The molecule has 40 heavy (non-hydrogen) atoms. The van der Waals surface area contributed by atoms with Crippen molar-refractivity contribution in [3.63, 3.8) is 0 Å². The molecule has 2 aliphatic rings. The Morgan fingerprint density at radius 2 is 1.90 bits per heavy atom. The Balaban J connectivity index is 1.28. The summed E-state index contributed by atoms with van der Waals surface area (Å²) in [5, 5.41) is 0.992. The molecule has 2 fully saturated rings. The van der Waals surface area contributed by atoms with Crippen LogP contribution in [0.25, 0.3) is 21.9 Å². The lowest BCUT2D eigenvalue weighted by atomic mass is 9.85. The smallest absolute Gasteiger partial charge is 0.218 e. The zero-order chi connectivity index (χ0) is 27.8. The van der Waals surface area contributed by atoms with Crippen LogP contribution in [-0.2, 0) is 4.79 Å². The summed E-state index contributed by atoms with van der Waals surface area (Å²) in [5.74, 6) is 1.83. The molecule has 1 amide bonds. The van der Waals surface area contributed by atoms with Crippen molar-refractivity contribution in [3.8, 4) is 17.2 Å². The molecule has 3 heterocycles. The highest BCUT2D eigenvalue weighted by Gasteiger charge is 2.29. The lowest BCUT2D eigenvalue weighted by Crippen LogP contribution is -2.21. The number of rotatable bonds is 8. The minimum Gasteiger partial charge on any atom is -0.485 e. The number of primary amides is 1.